The molecule has 2 heterocycles. The molecule has 0 amide bonds. The maximum absolute atomic E-state index is 11.9. The molecule has 4 nitrogen and oxygen atoms in total. The Morgan fingerprint density at radius 1 is 1.14 bits per heavy atom. The van der Waals surface area contributed by atoms with Crippen molar-refractivity contribution in [3.63, 3.8) is 0 Å². The van der Waals surface area contributed by atoms with Crippen molar-refractivity contribution in [3.05, 3.63) is 59.1 Å². The zero-order valence-electron chi connectivity index (χ0n) is 16.1. The van der Waals surface area contributed by atoms with Gasteiger partial charge in [-0.1, -0.05) is 17.7 Å². The molecule has 1 unspecified atom stereocenters. The molecule has 2 aromatic rings. The number of hydrogen-bond acceptors (Lipinski definition) is 3. The Morgan fingerprint density at radius 3 is 2.64 bits per heavy atom. The molecule has 1 atom stereocenters. The minimum atomic E-state index is -1.12. The van der Waals surface area contributed by atoms with Gasteiger partial charge in [-0.15, -0.1) is 0 Å². The van der Waals surface area contributed by atoms with E-state index in [1.807, 2.05) is 55.5 Å². The molecule has 2 aliphatic rings. The van der Waals surface area contributed by atoms with Gasteiger partial charge in [0.25, 0.3) is 11.6 Å². The van der Waals surface area contributed by atoms with Crippen LogP contribution < -0.4 is 26.6 Å². The van der Waals surface area contributed by atoms with Crippen LogP contribution in [0.4, 0.5) is 5.69 Å². The van der Waals surface area contributed by atoms with Gasteiger partial charge >= 0.3 is 0 Å². The van der Waals surface area contributed by atoms with Gasteiger partial charge in [-0.05, 0) is 62.6 Å². The van der Waals surface area contributed by atoms with Crippen LogP contribution in [0.5, 0.6) is 5.75 Å². The summed E-state index contributed by atoms with van der Waals surface area (Å²) in [6, 6.07) is 15.6. The number of aliphatic hydroxyl groups is 1. The minimum Gasteiger partial charge on any atom is -1.00 e. The van der Waals surface area contributed by atoms with E-state index < -0.39 is 5.72 Å². The fourth-order valence-corrected chi connectivity index (χ4v) is 4.39. The summed E-state index contributed by atoms with van der Waals surface area (Å²) in [5.41, 5.74) is 0.673. The van der Waals surface area contributed by atoms with E-state index in [1.54, 1.807) is 0 Å². The van der Waals surface area contributed by atoms with Crippen molar-refractivity contribution in [1.82, 2.24) is 0 Å². The van der Waals surface area contributed by atoms with E-state index in [-0.39, 0.29) is 17.0 Å². The molecule has 0 fully saturated rings. The van der Waals surface area contributed by atoms with E-state index in [0.29, 0.717) is 18.2 Å². The average molecular weight is 466 g/mol. The third-order valence-electron chi connectivity index (χ3n) is 5.43. The Balaban J connectivity index is 0.00000225. The highest BCUT2D eigenvalue weighted by Gasteiger charge is 2.54. The second kappa shape index (κ2) is 8.85. The molecule has 0 spiro atoms. The molecule has 0 radical (unpaired) electrons. The standard InChI is InChI=1S/C22H26ClN2O2.BrH/c1-2-27-20-12-10-17(11-13-20)22(26)16-24-14-5-3-4-9-21(24)25(22)19-8-6-7-18(23)15-19;/h6-8,10-13,15,26H,2-5,9,14,16H2,1H3;1H/q+1;/p-1. The quantitative estimate of drug-likeness (QED) is 0.693. The van der Waals surface area contributed by atoms with Crippen LogP contribution in [0.1, 0.15) is 38.2 Å². The molecular formula is C22H26BrClN2O2. The molecule has 2 aliphatic heterocycles. The fourth-order valence-electron chi connectivity index (χ4n) is 4.21. The first-order valence-electron chi connectivity index (χ1n) is 9.74. The second-order valence-corrected chi connectivity index (χ2v) is 7.67. The molecule has 0 saturated carbocycles. The van der Waals surface area contributed by atoms with Crippen LogP contribution in [0.3, 0.4) is 0 Å². The van der Waals surface area contributed by atoms with Gasteiger partial charge in [0.1, 0.15) is 11.4 Å². The van der Waals surface area contributed by atoms with E-state index >= 15 is 0 Å². The monoisotopic (exact) mass is 464 g/mol. The number of halogens is 2. The highest BCUT2D eigenvalue weighted by molar-refractivity contribution is 6.31. The van der Waals surface area contributed by atoms with Crippen molar-refractivity contribution < 1.29 is 31.4 Å². The lowest BCUT2D eigenvalue weighted by atomic mass is 9.99. The largest absolute Gasteiger partial charge is 1.00 e. The third-order valence-corrected chi connectivity index (χ3v) is 5.66. The van der Waals surface area contributed by atoms with Gasteiger partial charge in [-0.25, -0.2) is 0 Å². The normalized spacial score (nSPS) is 21.8. The number of nitrogens with zero attached hydrogens (tertiary/aromatic N) is 2. The molecular weight excluding hydrogens is 440 g/mol. The Labute approximate surface area is 182 Å². The molecule has 6 heteroatoms. The molecule has 2 aromatic carbocycles. The van der Waals surface area contributed by atoms with E-state index in [0.717, 1.165) is 42.8 Å². The lowest BCUT2D eigenvalue weighted by Crippen LogP contribution is -3.00. The molecule has 0 aliphatic carbocycles. The summed E-state index contributed by atoms with van der Waals surface area (Å²) in [6.07, 6.45) is 4.49. The van der Waals surface area contributed by atoms with Gasteiger partial charge in [0, 0.05) is 23.1 Å². The summed E-state index contributed by atoms with van der Waals surface area (Å²) in [5.74, 6) is 2.01. The Bertz CT molecular complexity index is 856. The highest BCUT2D eigenvalue weighted by atomic mass is 79.9. The van der Waals surface area contributed by atoms with Crippen LogP contribution >= 0.6 is 11.6 Å². The summed E-state index contributed by atoms with van der Waals surface area (Å²) in [7, 11) is 0. The fraction of sp³-hybridized carbons (Fsp3) is 0.409. The van der Waals surface area contributed by atoms with E-state index in [9.17, 15) is 5.11 Å². The van der Waals surface area contributed by atoms with Crippen LogP contribution in [0.15, 0.2) is 48.5 Å². The first-order chi connectivity index (χ1) is 13.1. The van der Waals surface area contributed by atoms with Crippen molar-refractivity contribution in [2.45, 2.75) is 38.3 Å². The number of amidine groups is 1. The van der Waals surface area contributed by atoms with E-state index in [4.69, 9.17) is 16.3 Å². The molecule has 4 rings (SSSR count). The highest BCUT2D eigenvalue weighted by Crippen LogP contribution is 2.38. The first kappa shape index (κ1) is 21.2. The maximum atomic E-state index is 11.9. The Kier molecular flexibility index (Phi) is 6.69. The van der Waals surface area contributed by atoms with Gasteiger partial charge in [0.05, 0.1) is 13.2 Å². The zero-order chi connectivity index (χ0) is 18.9. The van der Waals surface area contributed by atoms with Gasteiger partial charge in [0.2, 0.25) is 0 Å². The minimum absolute atomic E-state index is 0. The molecule has 28 heavy (non-hydrogen) atoms. The van der Waals surface area contributed by atoms with Crippen molar-refractivity contribution in [2.75, 3.05) is 24.6 Å². The molecule has 0 saturated heterocycles. The summed E-state index contributed by atoms with van der Waals surface area (Å²) in [6.45, 7) is 4.13. The predicted octanol–water partition coefficient (Wildman–Crippen LogP) is 1.39. The van der Waals surface area contributed by atoms with Gasteiger partial charge in [0.15, 0.2) is 6.54 Å². The van der Waals surface area contributed by atoms with Crippen molar-refractivity contribution in [3.8, 4) is 5.75 Å². The Morgan fingerprint density at radius 2 is 1.93 bits per heavy atom. The number of hydrogen-bond donors (Lipinski definition) is 1. The smallest absolute Gasteiger partial charge is 0.275 e. The van der Waals surface area contributed by atoms with Crippen LogP contribution in [0.2, 0.25) is 5.02 Å². The SMILES string of the molecule is CCOc1ccc(C2(O)C[N+]3=C(CCCCC3)N2c2cccc(Cl)c2)cc1.[Br-]. The molecule has 1 N–H and O–H groups in total. The number of rotatable bonds is 4. The lowest BCUT2D eigenvalue weighted by Gasteiger charge is -2.29. The van der Waals surface area contributed by atoms with Crippen molar-refractivity contribution in [1.29, 1.82) is 0 Å². The van der Waals surface area contributed by atoms with E-state index in [2.05, 4.69) is 9.48 Å². The molecule has 0 bridgehead atoms. The molecule has 0 aromatic heterocycles. The summed E-state index contributed by atoms with van der Waals surface area (Å²) >= 11 is 6.28. The molecule has 150 valence electrons. The third kappa shape index (κ3) is 3.93. The average Bonchev–Trinajstić information content (AvgIpc) is 2.78. The van der Waals surface area contributed by atoms with Gasteiger partial charge < -0.3 is 26.8 Å². The number of anilines is 1. The zero-order valence-corrected chi connectivity index (χ0v) is 18.4. The van der Waals surface area contributed by atoms with Gasteiger partial charge in [-0.2, -0.15) is 4.90 Å². The van der Waals surface area contributed by atoms with Crippen LogP contribution in [0, 0.1) is 0 Å². The topological polar surface area (TPSA) is 35.7 Å². The van der Waals surface area contributed by atoms with Crippen LogP contribution in [-0.2, 0) is 5.72 Å². The van der Waals surface area contributed by atoms with Crippen molar-refractivity contribution in [2.24, 2.45) is 0 Å². The number of benzene rings is 2. The van der Waals surface area contributed by atoms with E-state index in [1.165, 1.54) is 12.3 Å². The lowest BCUT2D eigenvalue weighted by molar-refractivity contribution is -0.534. The van der Waals surface area contributed by atoms with Gasteiger partial charge in [-0.3, -0.25) is 4.58 Å². The first-order valence-corrected chi connectivity index (χ1v) is 10.1. The maximum Gasteiger partial charge on any atom is 0.275 e. The summed E-state index contributed by atoms with van der Waals surface area (Å²) in [5, 5.41) is 12.6. The number of ether oxygens (including phenoxy) is 1. The Hall–Kier alpha value is -1.56. The van der Waals surface area contributed by atoms with Crippen molar-refractivity contribution >= 4 is 23.1 Å². The van der Waals surface area contributed by atoms with Crippen LogP contribution in [0.25, 0.3) is 0 Å². The summed E-state index contributed by atoms with van der Waals surface area (Å²) < 4.78 is 7.90. The summed E-state index contributed by atoms with van der Waals surface area (Å²) in [4.78, 5) is 2.08. The predicted molar refractivity (Wildman–Crippen MR) is 109 cm³/mol. The second-order valence-electron chi connectivity index (χ2n) is 7.24. The van der Waals surface area contributed by atoms with Crippen LogP contribution in [-0.4, -0.2) is 35.2 Å².